The van der Waals surface area contributed by atoms with E-state index in [1.807, 2.05) is 13.1 Å². The van der Waals surface area contributed by atoms with Gasteiger partial charge in [0.2, 0.25) is 0 Å². The molecule has 0 fully saturated rings. The molecule has 0 aliphatic heterocycles. The van der Waals surface area contributed by atoms with Crippen molar-refractivity contribution in [2.45, 2.75) is 46.6 Å². The molecule has 0 amide bonds. The summed E-state index contributed by atoms with van der Waals surface area (Å²) in [5.74, 6) is 0.565. The lowest BCUT2D eigenvalue weighted by atomic mass is 10.1. The minimum absolute atomic E-state index is 0.565. The van der Waals surface area contributed by atoms with Crippen LogP contribution in [0.4, 0.5) is 5.82 Å². The number of H-pyrrole nitrogens is 1. The quantitative estimate of drug-likeness (QED) is 0.852. The fourth-order valence-corrected chi connectivity index (χ4v) is 2.20. The van der Waals surface area contributed by atoms with E-state index in [0.29, 0.717) is 5.82 Å². The van der Waals surface area contributed by atoms with Crippen LogP contribution in [0.3, 0.4) is 0 Å². The fraction of sp³-hybridized carbons (Fsp3) is 0.538. The number of rotatable bonds is 5. The average molecular weight is 247 g/mol. The first-order chi connectivity index (χ1) is 8.69. The highest BCUT2D eigenvalue weighted by Crippen LogP contribution is 2.28. The molecule has 2 aromatic rings. The molecule has 5 heteroatoms. The summed E-state index contributed by atoms with van der Waals surface area (Å²) in [6.07, 6.45) is 5.13. The molecule has 0 bridgehead atoms. The molecule has 0 unspecified atom stereocenters. The third kappa shape index (κ3) is 2.12. The van der Waals surface area contributed by atoms with Crippen LogP contribution in [-0.4, -0.2) is 20.0 Å². The zero-order valence-electron chi connectivity index (χ0n) is 11.3. The Hall–Kier alpha value is -1.78. The lowest BCUT2D eigenvalue weighted by Crippen LogP contribution is -2.05. The molecule has 0 aromatic carbocycles. The van der Waals surface area contributed by atoms with Gasteiger partial charge in [0.05, 0.1) is 11.9 Å². The maximum Gasteiger partial charge on any atom is 0.148 e. The third-order valence-electron chi connectivity index (χ3n) is 3.19. The number of hydrogen-bond acceptors (Lipinski definition) is 3. The average Bonchev–Trinajstić information content (AvgIpc) is 2.87. The summed E-state index contributed by atoms with van der Waals surface area (Å²) in [7, 11) is 0. The number of nitrogens with zero attached hydrogens (tertiary/aromatic N) is 3. The smallest absolute Gasteiger partial charge is 0.148 e. The van der Waals surface area contributed by atoms with Gasteiger partial charge in [-0.3, -0.25) is 9.78 Å². The fourth-order valence-electron chi connectivity index (χ4n) is 2.20. The Morgan fingerprint density at radius 1 is 1.33 bits per heavy atom. The molecule has 5 nitrogen and oxygen atoms in total. The Balaban J connectivity index is 2.47. The first kappa shape index (κ1) is 12.7. The highest BCUT2D eigenvalue weighted by molar-refractivity contribution is 5.69. The molecule has 2 aromatic heterocycles. The van der Waals surface area contributed by atoms with E-state index in [0.717, 1.165) is 42.6 Å². The van der Waals surface area contributed by atoms with Gasteiger partial charge in [0.1, 0.15) is 5.82 Å². The summed E-state index contributed by atoms with van der Waals surface area (Å²) in [6.45, 7) is 7.29. The van der Waals surface area contributed by atoms with Crippen LogP contribution >= 0.6 is 0 Å². The summed E-state index contributed by atoms with van der Waals surface area (Å²) < 4.78 is 2.09. The first-order valence-electron chi connectivity index (χ1n) is 6.54. The van der Waals surface area contributed by atoms with Gasteiger partial charge < -0.3 is 5.73 Å². The molecule has 0 atom stereocenters. The van der Waals surface area contributed by atoms with Crippen LogP contribution in [0.1, 0.15) is 37.9 Å². The second-order valence-corrected chi connectivity index (χ2v) is 4.59. The number of aromatic amines is 1. The van der Waals surface area contributed by atoms with Gasteiger partial charge in [-0.25, -0.2) is 0 Å². The van der Waals surface area contributed by atoms with Crippen LogP contribution < -0.4 is 5.73 Å². The van der Waals surface area contributed by atoms with Crippen LogP contribution in [-0.2, 0) is 13.0 Å². The van der Waals surface area contributed by atoms with E-state index in [-0.39, 0.29) is 0 Å². The van der Waals surface area contributed by atoms with Gasteiger partial charge in [-0.05, 0) is 19.8 Å². The molecule has 0 saturated carbocycles. The lowest BCUT2D eigenvalue weighted by Gasteiger charge is -2.07. The van der Waals surface area contributed by atoms with Crippen LogP contribution in [0.5, 0.6) is 0 Å². The summed E-state index contributed by atoms with van der Waals surface area (Å²) in [5, 5.41) is 11.6. The number of aromatic nitrogens is 4. The predicted molar refractivity (Wildman–Crippen MR) is 73.2 cm³/mol. The molecule has 0 saturated heterocycles. The largest absolute Gasteiger partial charge is 0.382 e. The normalized spacial score (nSPS) is 11.1. The van der Waals surface area contributed by atoms with E-state index >= 15 is 0 Å². The van der Waals surface area contributed by atoms with Crippen LogP contribution in [0.15, 0.2) is 6.20 Å². The summed E-state index contributed by atoms with van der Waals surface area (Å²) in [5.41, 5.74) is 10.2. The Morgan fingerprint density at radius 3 is 2.67 bits per heavy atom. The van der Waals surface area contributed by atoms with Crippen molar-refractivity contribution in [2.24, 2.45) is 0 Å². The molecule has 0 aliphatic rings. The van der Waals surface area contributed by atoms with E-state index in [1.165, 1.54) is 5.69 Å². The van der Waals surface area contributed by atoms with Crippen LogP contribution in [0, 0.1) is 6.92 Å². The maximum absolute atomic E-state index is 5.80. The van der Waals surface area contributed by atoms with Crippen LogP contribution in [0.2, 0.25) is 0 Å². The van der Waals surface area contributed by atoms with Crippen LogP contribution in [0.25, 0.3) is 11.3 Å². The van der Waals surface area contributed by atoms with Crippen molar-refractivity contribution >= 4 is 5.82 Å². The van der Waals surface area contributed by atoms with Crippen molar-refractivity contribution in [1.82, 2.24) is 20.0 Å². The Morgan fingerprint density at radius 2 is 2.11 bits per heavy atom. The van der Waals surface area contributed by atoms with Gasteiger partial charge in [0.25, 0.3) is 0 Å². The highest BCUT2D eigenvalue weighted by Gasteiger charge is 2.16. The molecular weight excluding hydrogens is 226 g/mol. The third-order valence-corrected chi connectivity index (χ3v) is 3.19. The molecule has 98 valence electrons. The van der Waals surface area contributed by atoms with Crippen molar-refractivity contribution < 1.29 is 0 Å². The predicted octanol–water partition coefficient (Wildman–Crippen LogP) is 2.53. The lowest BCUT2D eigenvalue weighted by molar-refractivity contribution is 0.571. The summed E-state index contributed by atoms with van der Waals surface area (Å²) in [4.78, 5) is 0. The molecule has 3 N–H and O–H groups in total. The first-order valence-corrected chi connectivity index (χ1v) is 6.54. The standard InChI is InChI=1S/C13H21N5/c1-4-6-11-10(8-15-18(11)7-5-2)12-9(3)13(14)17-16-12/h8H,4-7H2,1-3H3,(H3,14,16,17). The topological polar surface area (TPSA) is 72.5 Å². The van der Waals surface area contributed by atoms with Gasteiger partial charge in [-0.1, -0.05) is 20.3 Å². The van der Waals surface area contributed by atoms with Crippen molar-refractivity contribution in [3.63, 3.8) is 0 Å². The summed E-state index contributed by atoms with van der Waals surface area (Å²) in [6, 6.07) is 0. The number of anilines is 1. The van der Waals surface area contributed by atoms with Crippen molar-refractivity contribution in [3.8, 4) is 11.3 Å². The van der Waals surface area contributed by atoms with E-state index in [2.05, 4.69) is 33.8 Å². The molecular formula is C13H21N5. The van der Waals surface area contributed by atoms with Gasteiger partial charge in [-0.15, -0.1) is 0 Å². The summed E-state index contributed by atoms with van der Waals surface area (Å²) >= 11 is 0. The van der Waals surface area contributed by atoms with Gasteiger partial charge in [0, 0.05) is 23.4 Å². The van der Waals surface area contributed by atoms with Crippen molar-refractivity contribution in [1.29, 1.82) is 0 Å². The molecule has 0 radical (unpaired) electrons. The molecule has 18 heavy (non-hydrogen) atoms. The second kappa shape index (κ2) is 5.25. The molecule has 2 rings (SSSR count). The maximum atomic E-state index is 5.80. The molecule has 0 spiro atoms. The molecule has 2 heterocycles. The zero-order chi connectivity index (χ0) is 13.1. The number of nitrogen functional groups attached to an aromatic ring is 1. The minimum atomic E-state index is 0.565. The Kier molecular flexibility index (Phi) is 3.69. The number of nitrogens with two attached hydrogens (primary N) is 1. The van der Waals surface area contributed by atoms with E-state index in [4.69, 9.17) is 5.73 Å². The number of nitrogens with one attached hydrogen (secondary N) is 1. The van der Waals surface area contributed by atoms with E-state index in [1.54, 1.807) is 0 Å². The molecule has 0 aliphatic carbocycles. The van der Waals surface area contributed by atoms with Crippen molar-refractivity contribution in [2.75, 3.05) is 5.73 Å². The Bertz CT molecular complexity index is 523. The second-order valence-electron chi connectivity index (χ2n) is 4.59. The zero-order valence-corrected chi connectivity index (χ0v) is 11.3. The SMILES string of the molecule is CCCc1c(-c2[nH]nc(N)c2C)cnn1CCC. The van der Waals surface area contributed by atoms with Gasteiger partial charge >= 0.3 is 0 Å². The highest BCUT2D eigenvalue weighted by atomic mass is 15.3. The monoisotopic (exact) mass is 247 g/mol. The van der Waals surface area contributed by atoms with E-state index in [9.17, 15) is 0 Å². The van der Waals surface area contributed by atoms with E-state index < -0.39 is 0 Å². The Labute approximate surface area is 107 Å². The van der Waals surface area contributed by atoms with Crippen molar-refractivity contribution in [3.05, 3.63) is 17.5 Å². The number of aryl methyl sites for hydroxylation is 1. The van der Waals surface area contributed by atoms with Gasteiger partial charge in [-0.2, -0.15) is 10.2 Å². The minimum Gasteiger partial charge on any atom is -0.382 e. The number of hydrogen-bond donors (Lipinski definition) is 2. The van der Waals surface area contributed by atoms with Gasteiger partial charge in [0.15, 0.2) is 0 Å².